The van der Waals surface area contributed by atoms with E-state index in [0.29, 0.717) is 18.0 Å². The Kier molecular flexibility index (Phi) is 5.23. The van der Waals surface area contributed by atoms with E-state index in [-0.39, 0.29) is 10.7 Å². The first kappa shape index (κ1) is 17.9. The average molecular weight is 371 g/mol. The predicted molar refractivity (Wildman–Crippen MR) is 99.2 cm³/mol. The molecular weight excluding hydrogens is 353 g/mol. The third-order valence-electron chi connectivity index (χ3n) is 3.92. The molecule has 3 rings (SSSR count). The van der Waals surface area contributed by atoms with Crippen molar-refractivity contribution < 1.29 is 17.5 Å². The van der Waals surface area contributed by atoms with E-state index in [1.807, 2.05) is 0 Å². The van der Waals surface area contributed by atoms with E-state index in [1.165, 1.54) is 23.5 Å². The second kappa shape index (κ2) is 7.58. The van der Waals surface area contributed by atoms with E-state index in [1.54, 1.807) is 66.7 Å². The van der Waals surface area contributed by atoms with E-state index >= 15 is 0 Å². The largest absolute Gasteiger partial charge is 0.489 e. The molecule has 0 saturated heterocycles. The summed E-state index contributed by atoms with van der Waals surface area (Å²) in [5.74, 6) is 0.310. The van der Waals surface area contributed by atoms with Crippen molar-refractivity contribution in [3.8, 4) is 5.75 Å². The minimum Gasteiger partial charge on any atom is -0.489 e. The second-order valence-corrected chi connectivity index (χ2v) is 7.66. The van der Waals surface area contributed by atoms with Crippen LogP contribution in [0.25, 0.3) is 0 Å². The van der Waals surface area contributed by atoms with E-state index in [2.05, 4.69) is 0 Å². The Morgan fingerprint density at radius 3 is 2.12 bits per heavy atom. The molecule has 6 heteroatoms. The molecule has 3 aromatic rings. The molecule has 0 radical (unpaired) electrons. The third-order valence-corrected chi connectivity index (χ3v) is 5.72. The molecule has 0 aromatic heterocycles. The maximum atomic E-state index is 12.9. The lowest BCUT2D eigenvalue weighted by Crippen LogP contribution is -2.26. The molecule has 0 aliphatic heterocycles. The Balaban J connectivity index is 1.70. The van der Waals surface area contributed by atoms with E-state index < -0.39 is 10.0 Å². The van der Waals surface area contributed by atoms with Crippen molar-refractivity contribution in [3.05, 3.63) is 90.2 Å². The summed E-state index contributed by atoms with van der Waals surface area (Å²) in [5.41, 5.74) is 1.38. The van der Waals surface area contributed by atoms with Crippen LogP contribution in [-0.4, -0.2) is 15.5 Å². The summed E-state index contributed by atoms with van der Waals surface area (Å²) in [4.78, 5) is 0.235. The fourth-order valence-electron chi connectivity index (χ4n) is 2.39. The molecule has 0 bridgehead atoms. The molecule has 0 fully saturated rings. The molecule has 4 nitrogen and oxygen atoms in total. The minimum atomic E-state index is -3.61. The lowest BCUT2D eigenvalue weighted by molar-refractivity contribution is 0.306. The van der Waals surface area contributed by atoms with Crippen molar-refractivity contribution in [3.63, 3.8) is 0 Å². The number of halogens is 1. The van der Waals surface area contributed by atoms with Gasteiger partial charge in [0.25, 0.3) is 10.0 Å². The summed E-state index contributed by atoms with van der Waals surface area (Å²) in [7, 11) is -2.10. The Morgan fingerprint density at radius 2 is 1.50 bits per heavy atom. The SMILES string of the molecule is CN(c1ccc(OCc2ccc(F)cc2)cc1)S(=O)(=O)c1ccccc1. The molecule has 0 heterocycles. The third kappa shape index (κ3) is 4.03. The number of sulfonamides is 1. The highest BCUT2D eigenvalue weighted by Gasteiger charge is 2.20. The topological polar surface area (TPSA) is 46.6 Å². The van der Waals surface area contributed by atoms with Crippen LogP contribution in [0.4, 0.5) is 10.1 Å². The van der Waals surface area contributed by atoms with Gasteiger partial charge < -0.3 is 4.74 Å². The average Bonchev–Trinajstić information content (AvgIpc) is 2.68. The van der Waals surface area contributed by atoms with Crippen molar-refractivity contribution in [2.75, 3.05) is 11.4 Å². The standard InChI is InChI=1S/C20H18FNO3S/c1-22(26(23,24)20-5-3-2-4-6-20)18-11-13-19(14-12-18)25-15-16-7-9-17(21)10-8-16/h2-14H,15H2,1H3. The van der Waals surface area contributed by atoms with Crippen LogP contribution < -0.4 is 9.04 Å². The van der Waals surface area contributed by atoms with Gasteiger partial charge in [0.2, 0.25) is 0 Å². The first-order chi connectivity index (χ1) is 12.5. The summed E-state index contributed by atoms with van der Waals surface area (Å²) >= 11 is 0. The van der Waals surface area contributed by atoms with Crippen molar-refractivity contribution in [2.24, 2.45) is 0 Å². The second-order valence-electron chi connectivity index (χ2n) is 5.69. The number of anilines is 1. The summed E-state index contributed by atoms with van der Waals surface area (Å²) in [5, 5.41) is 0. The van der Waals surface area contributed by atoms with Crippen LogP contribution in [0.5, 0.6) is 5.75 Å². The van der Waals surface area contributed by atoms with Gasteiger partial charge in [0.05, 0.1) is 10.6 Å². The summed E-state index contributed by atoms with van der Waals surface area (Å²) < 4.78 is 45.0. The van der Waals surface area contributed by atoms with Crippen molar-refractivity contribution >= 4 is 15.7 Å². The van der Waals surface area contributed by atoms with E-state index in [0.717, 1.165) is 5.56 Å². The zero-order chi connectivity index (χ0) is 18.6. The number of benzene rings is 3. The van der Waals surface area contributed by atoms with Gasteiger partial charge in [0.15, 0.2) is 0 Å². The molecule has 134 valence electrons. The monoisotopic (exact) mass is 371 g/mol. The number of rotatable bonds is 6. The van der Waals surface area contributed by atoms with Crippen LogP contribution in [0, 0.1) is 5.82 Å². The smallest absolute Gasteiger partial charge is 0.264 e. The lowest BCUT2D eigenvalue weighted by Gasteiger charge is -2.19. The summed E-state index contributed by atoms with van der Waals surface area (Å²) in [6, 6.07) is 21.1. The van der Waals surface area contributed by atoms with Gasteiger partial charge in [-0.1, -0.05) is 30.3 Å². The van der Waals surface area contributed by atoms with E-state index in [9.17, 15) is 12.8 Å². The molecule has 0 atom stereocenters. The van der Waals surface area contributed by atoms with Gasteiger partial charge in [-0.05, 0) is 54.1 Å². The fourth-order valence-corrected chi connectivity index (χ4v) is 3.61. The first-order valence-corrected chi connectivity index (χ1v) is 9.42. The van der Waals surface area contributed by atoms with Crippen molar-refractivity contribution in [1.82, 2.24) is 0 Å². The number of nitrogens with zero attached hydrogens (tertiary/aromatic N) is 1. The zero-order valence-electron chi connectivity index (χ0n) is 14.2. The quantitative estimate of drug-likeness (QED) is 0.651. The van der Waals surface area contributed by atoms with E-state index in [4.69, 9.17) is 4.74 Å². The molecule has 3 aromatic carbocycles. The molecule has 26 heavy (non-hydrogen) atoms. The normalized spacial score (nSPS) is 11.2. The highest BCUT2D eigenvalue weighted by atomic mass is 32.2. The van der Waals surface area contributed by atoms with Crippen molar-refractivity contribution in [2.45, 2.75) is 11.5 Å². The summed E-state index contributed by atoms with van der Waals surface area (Å²) in [6.07, 6.45) is 0. The number of hydrogen-bond donors (Lipinski definition) is 0. The Morgan fingerprint density at radius 1 is 0.885 bits per heavy atom. The molecular formula is C20H18FNO3S. The van der Waals surface area contributed by atoms with Gasteiger partial charge in [-0.15, -0.1) is 0 Å². The maximum absolute atomic E-state index is 12.9. The lowest BCUT2D eigenvalue weighted by atomic mass is 10.2. The zero-order valence-corrected chi connectivity index (χ0v) is 15.0. The highest BCUT2D eigenvalue weighted by molar-refractivity contribution is 7.92. The van der Waals surface area contributed by atoms with Crippen molar-refractivity contribution in [1.29, 1.82) is 0 Å². The summed E-state index contributed by atoms with van der Waals surface area (Å²) in [6.45, 7) is 0.303. The van der Waals surface area contributed by atoms with Crippen LogP contribution in [0.2, 0.25) is 0 Å². The highest BCUT2D eigenvalue weighted by Crippen LogP contribution is 2.24. The van der Waals surface area contributed by atoms with Gasteiger partial charge in [-0.25, -0.2) is 12.8 Å². The molecule has 0 saturated carbocycles. The molecule has 0 amide bonds. The van der Waals surface area contributed by atoms with Gasteiger partial charge in [0, 0.05) is 7.05 Å². The molecule has 0 unspecified atom stereocenters. The van der Waals surface area contributed by atoms with Gasteiger partial charge >= 0.3 is 0 Å². The first-order valence-electron chi connectivity index (χ1n) is 7.98. The van der Waals surface area contributed by atoms with Gasteiger partial charge in [0.1, 0.15) is 18.2 Å². The fraction of sp³-hybridized carbons (Fsp3) is 0.100. The van der Waals surface area contributed by atoms with Crippen LogP contribution in [-0.2, 0) is 16.6 Å². The van der Waals surface area contributed by atoms with Gasteiger partial charge in [-0.3, -0.25) is 4.31 Å². The molecule has 0 aliphatic carbocycles. The molecule has 0 N–H and O–H groups in total. The Labute approximate surface area is 152 Å². The van der Waals surface area contributed by atoms with Crippen LogP contribution in [0.15, 0.2) is 83.8 Å². The Bertz CT molecular complexity index is 956. The maximum Gasteiger partial charge on any atom is 0.264 e. The molecule has 0 aliphatic rings. The van der Waals surface area contributed by atoms with Crippen LogP contribution in [0.1, 0.15) is 5.56 Å². The number of ether oxygens (including phenoxy) is 1. The molecule has 0 spiro atoms. The van der Waals surface area contributed by atoms with Crippen LogP contribution in [0.3, 0.4) is 0 Å². The van der Waals surface area contributed by atoms with Crippen LogP contribution >= 0.6 is 0 Å². The minimum absolute atomic E-state index is 0.235. The Hall–Kier alpha value is -2.86. The number of hydrogen-bond acceptors (Lipinski definition) is 3. The predicted octanol–water partition coefficient (Wildman–Crippen LogP) is 4.23. The van der Waals surface area contributed by atoms with Gasteiger partial charge in [-0.2, -0.15) is 0 Å².